The van der Waals surface area contributed by atoms with Crippen LogP contribution in [-0.2, 0) is 14.3 Å². The van der Waals surface area contributed by atoms with Crippen LogP contribution in [0.4, 0.5) is 0 Å². The summed E-state index contributed by atoms with van der Waals surface area (Å²) in [6.45, 7) is 6.41. The van der Waals surface area contributed by atoms with E-state index in [0.717, 1.165) is 39.0 Å². The van der Waals surface area contributed by atoms with Crippen molar-refractivity contribution in [2.45, 2.75) is 31.4 Å². The SMILES string of the molecule is CCOC1CC(C(=O)OC)(N2CCNCC2)C1. The van der Waals surface area contributed by atoms with Gasteiger partial charge in [-0.05, 0) is 6.92 Å². The zero-order valence-corrected chi connectivity index (χ0v) is 10.7. The molecule has 98 valence electrons. The van der Waals surface area contributed by atoms with Crippen LogP contribution in [0.2, 0.25) is 0 Å². The lowest BCUT2D eigenvalue weighted by Gasteiger charge is -2.52. The highest BCUT2D eigenvalue weighted by atomic mass is 16.5. The molecule has 2 aliphatic rings. The van der Waals surface area contributed by atoms with E-state index >= 15 is 0 Å². The van der Waals surface area contributed by atoms with Gasteiger partial charge in [0.25, 0.3) is 0 Å². The van der Waals surface area contributed by atoms with E-state index in [-0.39, 0.29) is 12.1 Å². The number of methoxy groups -OCH3 is 1. The Morgan fingerprint density at radius 1 is 1.41 bits per heavy atom. The number of nitrogens with one attached hydrogen (secondary N) is 1. The summed E-state index contributed by atoms with van der Waals surface area (Å²) in [6.07, 6.45) is 1.76. The molecule has 0 aromatic heterocycles. The summed E-state index contributed by atoms with van der Waals surface area (Å²) in [5.74, 6) is -0.102. The second kappa shape index (κ2) is 5.33. The van der Waals surface area contributed by atoms with Crippen LogP contribution in [0.5, 0.6) is 0 Å². The van der Waals surface area contributed by atoms with Crippen LogP contribution in [0, 0.1) is 0 Å². The molecule has 17 heavy (non-hydrogen) atoms. The average Bonchev–Trinajstić information content (AvgIpc) is 2.33. The minimum absolute atomic E-state index is 0.102. The molecular weight excluding hydrogens is 220 g/mol. The molecule has 1 N–H and O–H groups in total. The highest BCUT2D eigenvalue weighted by Crippen LogP contribution is 2.41. The highest BCUT2D eigenvalue weighted by molar-refractivity contribution is 5.82. The molecule has 0 unspecified atom stereocenters. The Morgan fingerprint density at radius 2 is 2.06 bits per heavy atom. The molecule has 5 nitrogen and oxygen atoms in total. The van der Waals surface area contributed by atoms with Crippen LogP contribution in [0.3, 0.4) is 0 Å². The number of piperazine rings is 1. The summed E-state index contributed by atoms with van der Waals surface area (Å²) in [5.41, 5.74) is -0.420. The maximum Gasteiger partial charge on any atom is 0.326 e. The smallest absolute Gasteiger partial charge is 0.326 e. The number of hydrogen-bond donors (Lipinski definition) is 1. The lowest BCUT2D eigenvalue weighted by molar-refractivity contribution is -0.177. The van der Waals surface area contributed by atoms with Gasteiger partial charge in [0.15, 0.2) is 0 Å². The van der Waals surface area contributed by atoms with Crippen molar-refractivity contribution < 1.29 is 14.3 Å². The minimum Gasteiger partial charge on any atom is -0.468 e. The maximum atomic E-state index is 12.0. The zero-order valence-electron chi connectivity index (χ0n) is 10.7. The average molecular weight is 242 g/mol. The fraction of sp³-hybridized carbons (Fsp3) is 0.917. The highest BCUT2D eigenvalue weighted by Gasteiger charge is 2.55. The molecule has 2 rings (SSSR count). The van der Waals surface area contributed by atoms with Crippen LogP contribution in [0.15, 0.2) is 0 Å². The molecule has 1 heterocycles. The monoisotopic (exact) mass is 242 g/mol. The van der Waals surface area contributed by atoms with Crippen molar-refractivity contribution in [2.75, 3.05) is 39.9 Å². The normalized spacial score (nSPS) is 34.1. The number of nitrogens with zero attached hydrogens (tertiary/aromatic N) is 1. The molecule has 0 aromatic carbocycles. The summed E-state index contributed by atoms with van der Waals surface area (Å²) in [4.78, 5) is 14.3. The van der Waals surface area contributed by atoms with Crippen molar-refractivity contribution in [3.05, 3.63) is 0 Å². The van der Waals surface area contributed by atoms with E-state index in [1.165, 1.54) is 7.11 Å². The van der Waals surface area contributed by atoms with E-state index in [1.54, 1.807) is 0 Å². The molecule has 0 spiro atoms. The Kier molecular flexibility index (Phi) is 4.01. The molecule has 0 radical (unpaired) electrons. The molecule has 0 atom stereocenters. The van der Waals surface area contributed by atoms with E-state index in [9.17, 15) is 4.79 Å². The van der Waals surface area contributed by atoms with Crippen LogP contribution >= 0.6 is 0 Å². The van der Waals surface area contributed by atoms with Gasteiger partial charge >= 0.3 is 5.97 Å². The number of rotatable bonds is 4. The minimum atomic E-state index is -0.420. The molecule has 1 saturated carbocycles. The van der Waals surface area contributed by atoms with Gasteiger partial charge in [0, 0.05) is 45.6 Å². The van der Waals surface area contributed by atoms with Crippen LogP contribution in [0.25, 0.3) is 0 Å². The lowest BCUT2D eigenvalue weighted by atomic mass is 9.72. The third kappa shape index (κ3) is 2.32. The summed E-state index contributed by atoms with van der Waals surface area (Å²) in [7, 11) is 1.47. The molecule has 0 aromatic rings. The number of esters is 1. The molecule has 1 aliphatic carbocycles. The third-order valence-corrected chi connectivity index (χ3v) is 3.82. The summed E-state index contributed by atoms with van der Waals surface area (Å²) >= 11 is 0. The van der Waals surface area contributed by atoms with Gasteiger partial charge in [0.05, 0.1) is 13.2 Å². The second-order valence-corrected chi connectivity index (χ2v) is 4.75. The first-order valence-electron chi connectivity index (χ1n) is 6.38. The van der Waals surface area contributed by atoms with Crippen molar-refractivity contribution >= 4 is 5.97 Å². The number of carbonyl (C=O) groups excluding carboxylic acids is 1. The predicted octanol–water partition coefficient (Wildman–Crippen LogP) is 0.00230. The summed E-state index contributed by atoms with van der Waals surface area (Å²) < 4.78 is 10.5. The molecule has 0 bridgehead atoms. The Morgan fingerprint density at radius 3 is 2.59 bits per heavy atom. The first kappa shape index (κ1) is 12.8. The van der Waals surface area contributed by atoms with Crippen molar-refractivity contribution in [3.63, 3.8) is 0 Å². The van der Waals surface area contributed by atoms with E-state index in [2.05, 4.69) is 10.2 Å². The number of hydrogen-bond acceptors (Lipinski definition) is 5. The fourth-order valence-electron chi connectivity index (χ4n) is 2.88. The van der Waals surface area contributed by atoms with Gasteiger partial charge in [-0.25, -0.2) is 0 Å². The molecule has 1 aliphatic heterocycles. The van der Waals surface area contributed by atoms with Crippen molar-refractivity contribution in [3.8, 4) is 0 Å². The van der Waals surface area contributed by atoms with Crippen LogP contribution in [-0.4, -0.2) is 62.4 Å². The standard InChI is InChI=1S/C12H22N2O3/c1-3-17-10-8-12(9-10,11(15)16-2)14-6-4-13-5-7-14/h10,13H,3-9H2,1-2H3. The Bertz CT molecular complexity index is 271. The van der Waals surface area contributed by atoms with E-state index in [1.807, 2.05) is 6.92 Å². The quantitative estimate of drug-likeness (QED) is 0.703. The first-order valence-corrected chi connectivity index (χ1v) is 6.38. The maximum absolute atomic E-state index is 12.0. The summed E-state index contributed by atoms with van der Waals surface area (Å²) in [5, 5.41) is 3.30. The largest absolute Gasteiger partial charge is 0.468 e. The van der Waals surface area contributed by atoms with Crippen LogP contribution in [0.1, 0.15) is 19.8 Å². The number of carbonyl (C=O) groups is 1. The molecule has 2 fully saturated rings. The van der Waals surface area contributed by atoms with E-state index in [0.29, 0.717) is 6.61 Å². The van der Waals surface area contributed by atoms with Gasteiger partial charge in [0.1, 0.15) is 5.54 Å². The van der Waals surface area contributed by atoms with Gasteiger partial charge < -0.3 is 14.8 Å². The Labute approximate surface area is 102 Å². The van der Waals surface area contributed by atoms with Crippen molar-refractivity contribution in [1.82, 2.24) is 10.2 Å². The van der Waals surface area contributed by atoms with Gasteiger partial charge in [-0.3, -0.25) is 9.69 Å². The van der Waals surface area contributed by atoms with Gasteiger partial charge in [-0.1, -0.05) is 0 Å². The van der Waals surface area contributed by atoms with E-state index < -0.39 is 5.54 Å². The van der Waals surface area contributed by atoms with E-state index in [4.69, 9.17) is 9.47 Å². The van der Waals surface area contributed by atoms with Crippen LogP contribution < -0.4 is 5.32 Å². The van der Waals surface area contributed by atoms with Crippen molar-refractivity contribution in [1.29, 1.82) is 0 Å². The fourth-order valence-corrected chi connectivity index (χ4v) is 2.88. The Balaban J connectivity index is 2.02. The lowest BCUT2D eigenvalue weighted by Crippen LogP contribution is -2.68. The predicted molar refractivity (Wildman–Crippen MR) is 63.8 cm³/mol. The molecular formula is C12H22N2O3. The van der Waals surface area contributed by atoms with Gasteiger partial charge in [-0.15, -0.1) is 0 Å². The van der Waals surface area contributed by atoms with Crippen molar-refractivity contribution in [2.24, 2.45) is 0 Å². The topological polar surface area (TPSA) is 50.8 Å². The second-order valence-electron chi connectivity index (χ2n) is 4.75. The van der Waals surface area contributed by atoms with Gasteiger partial charge in [0.2, 0.25) is 0 Å². The first-order chi connectivity index (χ1) is 8.23. The molecule has 0 amide bonds. The zero-order chi connectivity index (χ0) is 12.3. The van der Waals surface area contributed by atoms with Gasteiger partial charge in [-0.2, -0.15) is 0 Å². The number of ether oxygens (including phenoxy) is 2. The third-order valence-electron chi connectivity index (χ3n) is 3.82. The summed E-state index contributed by atoms with van der Waals surface area (Å²) in [6, 6.07) is 0. The Hall–Kier alpha value is -0.650. The molecule has 1 saturated heterocycles. The molecule has 5 heteroatoms.